The number of nitrogens with zero attached hydrogens (tertiary/aromatic N) is 6. The van der Waals surface area contributed by atoms with Crippen LogP contribution in [0.2, 0.25) is 0 Å². The maximum absolute atomic E-state index is 5.24. The normalized spacial score (nSPS) is 16.6. The Kier molecular flexibility index (Phi) is 6.97. The standard InChI is InChI=1S/C19H27N7O.HI/c1-20-19(21-14-18-23-22-17-4-3-9-26(17)18)25-12-10-24(11-13-25)15-5-7-16(27-2)8-6-15;/h5-8H,3-4,9-14H2,1-2H3,(H,20,21);1H. The van der Waals surface area contributed by atoms with Gasteiger partial charge in [0.1, 0.15) is 11.6 Å². The number of anilines is 1. The van der Waals surface area contributed by atoms with E-state index in [2.05, 4.69) is 47.0 Å². The van der Waals surface area contributed by atoms with Crippen molar-refractivity contribution in [2.75, 3.05) is 45.2 Å². The van der Waals surface area contributed by atoms with Crippen LogP contribution in [0.15, 0.2) is 29.3 Å². The monoisotopic (exact) mass is 497 g/mol. The number of piperazine rings is 1. The molecule has 2 aliphatic rings. The first-order chi connectivity index (χ1) is 13.3. The van der Waals surface area contributed by atoms with Crippen LogP contribution in [0.1, 0.15) is 18.1 Å². The zero-order chi connectivity index (χ0) is 18.6. The zero-order valence-electron chi connectivity index (χ0n) is 16.5. The number of hydrogen-bond donors (Lipinski definition) is 1. The summed E-state index contributed by atoms with van der Waals surface area (Å²) in [5.41, 5.74) is 1.23. The molecule has 152 valence electrons. The highest BCUT2D eigenvalue weighted by atomic mass is 127. The average molecular weight is 497 g/mol. The van der Waals surface area contributed by atoms with Gasteiger partial charge in [-0.1, -0.05) is 0 Å². The molecule has 0 spiro atoms. The number of fused-ring (bicyclic) bond motifs is 1. The van der Waals surface area contributed by atoms with Crippen LogP contribution in [0, 0.1) is 0 Å². The summed E-state index contributed by atoms with van der Waals surface area (Å²) in [4.78, 5) is 9.17. The van der Waals surface area contributed by atoms with E-state index in [1.54, 1.807) is 7.11 Å². The Hall–Kier alpha value is -2.04. The van der Waals surface area contributed by atoms with Gasteiger partial charge in [0.15, 0.2) is 11.8 Å². The zero-order valence-corrected chi connectivity index (χ0v) is 18.8. The summed E-state index contributed by atoms with van der Waals surface area (Å²) in [6, 6.07) is 8.26. The molecule has 1 N–H and O–H groups in total. The van der Waals surface area contributed by atoms with Gasteiger partial charge in [-0.05, 0) is 30.7 Å². The largest absolute Gasteiger partial charge is 0.497 e. The number of methoxy groups -OCH3 is 1. The molecule has 0 saturated carbocycles. The van der Waals surface area contributed by atoms with Crippen LogP contribution in [-0.4, -0.2) is 66.0 Å². The van der Waals surface area contributed by atoms with Crippen molar-refractivity contribution in [1.29, 1.82) is 0 Å². The van der Waals surface area contributed by atoms with Crippen molar-refractivity contribution >= 4 is 35.6 Å². The number of aryl methyl sites for hydroxylation is 1. The molecule has 1 saturated heterocycles. The van der Waals surface area contributed by atoms with Crippen LogP contribution in [0.25, 0.3) is 0 Å². The Labute approximate surface area is 183 Å². The van der Waals surface area contributed by atoms with Crippen molar-refractivity contribution in [2.24, 2.45) is 4.99 Å². The number of halogens is 1. The van der Waals surface area contributed by atoms with Crippen molar-refractivity contribution in [3.05, 3.63) is 35.9 Å². The Morgan fingerprint density at radius 3 is 2.54 bits per heavy atom. The number of guanidine groups is 1. The summed E-state index contributed by atoms with van der Waals surface area (Å²) in [5, 5.41) is 12.0. The minimum absolute atomic E-state index is 0. The maximum atomic E-state index is 5.24. The van der Waals surface area contributed by atoms with Crippen molar-refractivity contribution in [2.45, 2.75) is 25.9 Å². The van der Waals surface area contributed by atoms with Gasteiger partial charge in [-0.2, -0.15) is 0 Å². The van der Waals surface area contributed by atoms with Crippen molar-refractivity contribution in [1.82, 2.24) is 25.0 Å². The molecule has 28 heavy (non-hydrogen) atoms. The molecule has 3 heterocycles. The fourth-order valence-corrected chi connectivity index (χ4v) is 3.80. The third kappa shape index (κ3) is 4.34. The molecule has 0 bridgehead atoms. The van der Waals surface area contributed by atoms with Gasteiger partial charge >= 0.3 is 0 Å². The Bertz CT molecular complexity index is 797. The van der Waals surface area contributed by atoms with E-state index in [0.29, 0.717) is 6.54 Å². The lowest BCUT2D eigenvalue weighted by Gasteiger charge is -2.37. The van der Waals surface area contributed by atoms with Crippen LogP contribution in [-0.2, 0) is 19.5 Å². The number of rotatable bonds is 4. The van der Waals surface area contributed by atoms with Gasteiger partial charge < -0.3 is 24.4 Å². The smallest absolute Gasteiger partial charge is 0.194 e. The van der Waals surface area contributed by atoms with Crippen LogP contribution < -0.4 is 15.0 Å². The second kappa shape index (κ2) is 9.44. The molecule has 4 rings (SSSR count). The molecule has 2 aliphatic heterocycles. The van der Waals surface area contributed by atoms with E-state index in [0.717, 1.165) is 62.5 Å². The molecule has 1 aromatic carbocycles. The van der Waals surface area contributed by atoms with Gasteiger partial charge in [0.2, 0.25) is 0 Å². The summed E-state index contributed by atoms with van der Waals surface area (Å²) >= 11 is 0. The molecule has 1 fully saturated rings. The molecular formula is C19H28IN7O. The van der Waals surface area contributed by atoms with E-state index in [9.17, 15) is 0 Å². The minimum Gasteiger partial charge on any atom is -0.497 e. The molecule has 0 unspecified atom stereocenters. The van der Waals surface area contributed by atoms with Crippen LogP contribution in [0.5, 0.6) is 5.75 Å². The molecule has 0 amide bonds. The summed E-state index contributed by atoms with van der Waals surface area (Å²) in [6.07, 6.45) is 2.20. The third-order valence-electron chi connectivity index (χ3n) is 5.32. The van der Waals surface area contributed by atoms with Crippen molar-refractivity contribution < 1.29 is 4.74 Å². The van der Waals surface area contributed by atoms with E-state index in [1.807, 2.05) is 19.2 Å². The number of hydrogen-bond acceptors (Lipinski definition) is 5. The van der Waals surface area contributed by atoms with Crippen molar-refractivity contribution in [3.8, 4) is 5.75 Å². The lowest BCUT2D eigenvalue weighted by Crippen LogP contribution is -2.52. The Morgan fingerprint density at radius 2 is 1.86 bits per heavy atom. The predicted octanol–water partition coefficient (Wildman–Crippen LogP) is 1.75. The molecule has 0 radical (unpaired) electrons. The SMILES string of the molecule is CN=C(NCc1nnc2n1CCC2)N1CCN(c2ccc(OC)cc2)CC1.I. The minimum atomic E-state index is 0. The summed E-state index contributed by atoms with van der Waals surface area (Å²) in [5.74, 6) is 3.93. The lowest BCUT2D eigenvalue weighted by molar-refractivity contribution is 0.371. The van der Waals surface area contributed by atoms with Crippen LogP contribution in [0.4, 0.5) is 5.69 Å². The molecule has 2 aromatic rings. The Balaban J connectivity index is 0.00000225. The number of nitrogens with one attached hydrogen (secondary N) is 1. The summed E-state index contributed by atoms with van der Waals surface area (Å²) in [7, 11) is 3.53. The maximum Gasteiger partial charge on any atom is 0.194 e. The quantitative estimate of drug-likeness (QED) is 0.395. The second-order valence-electron chi connectivity index (χ2n) is 6.86. The molecular weight excluding hydrogens is 469 g/mol. The number of aliphatic imine (C=N–C) groups is 1. The molecule has 0 aliphatic carbocycles. The first-order valence-electron chi connectivity index (χ1n) is 9.54. The van der Waals surface area contributed by atoms with Gasteiger partial charge in [-0.25, -0.2) is 0 Å². The third-order valence-corrected chi connectivity index (χ3v) is 5.32. The Morgan fingerprint density at radius 1 is 1.11 bits per heavy atom. The lowest BCUT2D eigenvalue weighted by atomic mass is 10.2. The molecule has 8 nitrogen and oxygen atoms in total. The second-order valence-corrected chi connectivity index (χ2v) is 6.86. The summed E-state index contributed by atoms with van der Waals surface area (Å²) in [6.45, 7) is 5.49. The predicted molar refractivity (Wildman–Crippen MR) is 121 cm³/mol. The molecule has 1 aromatic heterocycles. The summed E-state index contributed by atoms with van der Waals surface area (Å²) < 4.78 is 7.47. The number of benzene rings is 1. The molecule has 0 atom stereocenters. The first-order valence-corrected chi connectivity index (χ1v) is 9.54. The fraction of sp³-hybridized carbons (Fsp3) is 0.526. The average Bonchev–Trinajstić information content (AvgIpc) is 3.34. The van der Waals surface area contributed by atoms with Crippen molar-refractivity contribution in [3.63, 3.8) is 0 Å². The van der Waals surface area contributed by atoms with E-state index in [4.69, 9.17) is 4.74 Å². The van der Waals surface area contributed by atoms with Gasteiger partial charge in [0.05, 0.1) is 13.7 Å². The highest BCUT2D eigenvalue weighted by Crippen LogP contribution is 2.20. The van der Waals surface area contributed by atoms with Gasteiger partial charge in [0, 0.05) is 51.9 Å². The van der Waals surface area contributed by atoms with Crippen LogP contribution in [0.3, 0.4) is 0 Å². The van der Waals surface area contributed by atoms with Gasteiger partial charge in [-0.15, -0.1) is 34.2 Å². The van der Waals surface area contributed by atoms with Gasteiger partial charge in [0.25, 0.3) is 0 Å². The topological polar surface area (TPSA) is 70.8 Å². The van der Waals surface area contributed by atoms with Crippen LogP contribution >= 0.6 is 24.0 Å². The van der Waals surface area contributed by atoms with E-state index < -0.39 is 0 Å². The van der Waals surface area contributed by atoms with E-state index in [1.165, 1.54) is 12.1 Å². The van der Waals surface area contributed by atoms with E-state index in [-0.39, 0.29) is 24.0 Å². The fourth-order valence-electron chi connectivity index (χ4n) is 3.80. The first kappa shape index (κ1) is 20.7. The highest BCUT2D eigenvalue weighted by Gasteiger charge is 2.21. The van der Waals surface area contributed by atoms with E-state index >= 15 is 0 Å². The molecule has 9 heteroatoms. The van der Waals surface area contributed by atoms with Gasteiger partial charge in [-0.3, -0.25) is 4.99 Å². The number of aromatic nitrogens is 3. The highest BCUT2D eigenvalue weighted by molar-refractivity contribution is 14.0. The number of ether oxygens (including phenoxy) is 1.